The number of aromatic nitrogens is 1. The van der Waals surface area contributed by atoms with Crippen LogP contribution in [0.25, 0.3) is 71.3 Å². The van der Waals surface area contributed by atoms with Crippen molar-refractivity contribution in [2.75, 3.05) is 0 Å². The average Bonchev–Trinajstić information content (AvgIpc) is 3.48. The molecule has 174 valence electrons. The van der Waals surface area contributed by atoms with E-state index in [1.807, 2.05) is 0 Å². The van der Waals surface area contributed by atoms with Gasteiger partial charge in [-0.05, 0) is 82.9 Å². The molecule has 37 heavy (non-hydrogen) atoms. The van der Waals surface area contributed by atoms with Gasteiger partial charge < -0.3 is 8.98 Å². The number of benzene rings is 6. The Morgan fingerprint density at radius 3 is 2.16 bits per heavy atom. The number of fused-ring (bicyclic) bond motifs is 8. The summed E-state index contributed by atoms with van der Waals surface area (Å²) in [6.45, 7) is 2.16. The molecule has 0 N–H and O–H groups in total. The molecular weight excluding hydrogens is 450 g/mol. The Balaban J connectivity index is 1.39. The quantitative estimate of drug-likeness (QED) is 0.244. The molecule has 0 aliphatic rings. The molecule has 0 saturated heterocycles. The number of hydrogen-bond acceptors (Lipinski definition) is 1. The van der Waals surface area contributed by atoms with Crippen LogP contribution in [0.1, 0.15) is 5.56 Å². The Hall–Kier alpha value is -4.82. The summed E-state index contributed by atoms with van der Waals surface area (Å²) in [6.07, 6.45) is 0. The van der Waals surface area contributed by atoms with E-state index < -0.39 is 0 Å². The standard InChI is InChI=1S/C35H23NO/c1-22-11-15-28-29-20-24(12-16-31(29)36(32(28)19-22)26-8-3-2-4-9-26)25-14-17-33-30(21-25)35-27-10-6-5-7-23(27)13-18-34(35)37-33/h2-21H,1H3. The van der Waals surface area contributed by atoms with Gasteiger partial charge in [0.1, 0.15) is 11.2 Å². The topological polar surface area (TPSA) is 18.1 Å². The van der Waals surface area contributed by atoms with Gasteiger partial charge in [-0.1, -0.05) is 72.8 Å². The number of para-hydroxylation sites is 1. The van der Waals surface area contributed by atoms with E-state index in [0.29, 0.717) is 0 Å². The van der Waals surface area contributed by atoms with Crippen LogP contribution in [0.5, 0.6) is 0 Å². The Kier molecular flexibility index (Phi) is 4.18. The fourth-order valence-corrected chi connectivity index (χ4v) is 5.89. The van der Waals surface area contributed by atoms with Gasteiger partial charge >= 0.3 is 0 Å². The van der Waals surface area contributed by atoms with Crippen molar-refractivity contribution in [3.05, 3.63) is 127 Å². The maximum atomic E-state index is 6.24. The van der Waals surface area contributed by atoms with E-state index in [9.17, 15) is 0 Å². The summed E-state index contributed by atoms with van der Waals surface area (Å²) < 4.78 is 8.61. The predicted octanol–water partition coefficient (Wildman–Crippen LogP) is 9.81. The lowest BCUT2D eigenvalue weighted by Crippen LogP contribution is -1.93. The summed E-state index contributed by atoms with van der Waals surface area (Å²) in [7, 11) is 0. The van der Waals surface area contributed by atoms with Crippen LogP contribution in [0.4, 0.5) is 0 Å². The van der Waals surface area contributed by atoms with Gasteiger partial charge in [-0.15, -0.1) is 0 Å². The largest absolute Gasteiger partial charge is 0.456 e. The second kappa shape index (κ2) is 7.59. The Bertz CT molecular complexity index is 2140. The first-order valence-corrected chi connectivity index (χ1v) is 12.7. The van der Waals surface area contributed by atoms with Crippen LogP contribution in [-0.4, -0.2) is 4.57 Å². The molecule has 8 aromatic rings. The van der Waals surface area contributed by atoms with Gasteiger partial charge in [-0.25, -0.2) is 0 Å². The Labute approximate surface area is 214 Å². The lowest BCUT2D eigenvalue weighted by atomic mass is 9.99. The molecule has 0 unspecified atom stereocenters. The first kappa shape index (κ1) is 20.4. The lowest BCUT2D eigenvalue weighted by molar-refractivity contribution is 0.669. The molecule has 0 atom stereocenters. The summed E-state index contributed by atoms with van der Waals surface area (Å²) in [5.41, 5.74) is 9.15. The highest BCUT2D eigenvalue weighted by Crippen LogP contribution is 2.39. The van der Waals surface area contributed by atoms with Crippen LogP contribution in [0.15, 0.2) is 126 Å². The second-order valence-electron chi connectivity index (χ2n) is 9.90. The molecule has 0 spiro atoms. The number of rotatable bonds is 2. The van der Waals surface area contributed by atoms with E-state index >= 15 is 0 Å². The van der Waals surface area contributed by atoms with Crippen molar-refractivity contribution >= 4 is 54.5 Å². The SMILES string of the molecule is Cc1ccc2c3cc(-c4ccc5oc6ccc7ccccc7c6c5c4)ccc3n(-c3ccccc3)c2c1. The maximum Gasteiger partial charge on any atom is 0.136 e. The zero-order valence-electron chi connectivity index (χ0n) is 20.4. The molecule has 2 heterocycles. The molecule has 0 amide bonds. The second-order valence-corrected chi connectivity index (χ2v) is 9.90. The summed E-state index contributed by atoms with van der Waals surface area (Å²) in [4.78, 5) is 0. The van der Waals surface area contributed by atoms with Crippen LogP contribution in [0, 0.1) is 6.92 Å². The van der Waals surface area contributed by atoms with Crippen molar-refractivity contribution in [1.29, 1.82) is 0 Å². The molecule has 0 saturated carbocycles. The average molecular weight is 474 g/mol. The first-order valence-electron chi connectivity index (χ1n) is 12.7. The molecule has 0 radical (unpaired) electrons. The van der Waals surface area contributed by atoms with Crippen molar-refractivity contribution in [3.8, 4) is 16.8 Å². The summed E-state index contributed by atoms with van der Waals surface area (Å²) in [5, 5.41) is 7.34. The lowest BCUT2D eigenvalue weighted by Gasteiger charge is -2.08. The van der Waals surface area contributed by atoms with Gasteiger partial charge in [-0.3, -0.25) is 0 Å². The molecule has 2 aromatic heterocycles. The van der Waals surface area contributed by atoms with Crippen LogP contribution in [-0.2, 0) is 0 Å². The minimum absolute atomic E-state index is 0.923. The zero-order valence-corrected chi connectivity index (χ0v) is 20.4. The van der Waals surface area contributed by atoms with Crippen LogP contribution >= 0.6 is 0 Å². The smallest absolute Gasteiger partial charge is 0.136 e. The van der Waals surface area contributed by atoms with Crippen LogP contribution < -0.4 is 0 Å². The molecule has 2 heteroatoms. The van der Waals surface area contributed by atoms with Crippen molar-refractivity contribution in [3.63, 3.8) is 0 Å². The molecular formula is C35H23NO. The summed E-state index contributed by atoms with van der Waals surface area (Å²) >= 11 is 0. The molecule has 0 fully saturated rings. The van der Waals surface area contributed by atoms with Crippen LogP contribution in [0.2, 0.25) is 0 Å². The number of aryl methyl sites for hydroxylation is 1. The van der Waals surface area contributed by atoms with Gasteiger partial charge in [0.05, 0.1) is 11.0 Å². The fraction of sp³-hybridized carbons (Fsp3) is 0.0286. The third kappa shape index (κ3) is 2.99. The molecule has 8 rings (SSSR count). The third-order valence-corrected chi connectivity index (χ3v) is 7.63. The molecule has 0 bridgehead atoms. The summed E-state index contributed by atoms with van der Waals surface area (Å²) in [6, 6.07) is 43.6. The normalized spacial score (nSPS) is 11.9. The van der Waals surface area contributed by atoms with E-state index in [1.165, 1.54) is 60.3 Å². The van der Waals surface area contributed by atoms with Gasteiger partial charge in [-0.2, -0.15) is 0 Å². The van der Waals surface area contributed by atoms with Crippen molar-refractivity contribution in [1.82, 2.24) is 4.57 Å². The third-order valence-electron chi connectivity index (χ3n) is 7.63. The summed E-state index contributed by atoms with van der Waals surface area (Å²) in [5.74, 6) is 0. The van der Waals surface area contributed by atoms with Gasteiger partial charge in [0.15, 0.2) is 0 Å². The van der Waals surface area contributed by atoms with Crippen molar-refractivity contribution in [2.24, 2.45) is 0 Å². The van der Waals surface area contributed by atoms with Gasteiger partial charge in [0.25, 0.3) is 0 Å². The highest BCUT2D eigenvalue weighted by Gasteiger charge is 2.15. The fourth-order valence-electron chi connectivity index (χ4n) is 5.89. The maximum absolute atomic E-state index is 6.24. The highest BCUT2D eigenvalue weighted by molar-refractivity contribution is 6.19. The molecule has 6 aromatic carbocycles. The Morgan fingerprint density at radius 1 is 0.514 bits per heavy atom. The minimum atomic E-state index is 0.923. The minimum Gasteiger partial charge on any atom is -0.456 e. The number of hydrogen-bond donors (Lipinski definition) is 0. The number of furan rings is 1. The van der Waals surface area contributed by atoms with E-state index in [1.54, 1.807) is 0 Å². The van der Waals surface area contributed by atoms with E-state index in [0.717, 1.165) is 16.6 Å². The molecule has 0 aliphatic heterocycles. The van der Waals surface area contributed by atoms with Crippen LogP contribution in [0.3, 0.4) is 0 Å². The first-order chi connectivity index (χ1) is 18.2. The van der Waals surface area contributed by atoms with Gasteiger partial charge in [0, 0.05) is 27.2 Å². The van der Waals surface area contributed by atoms with E-state index in [2.05, 4.69) is 133 Å². The predicted molar refractivity (Wildman–Crippen MR) is 156 cm³/mol. The highest BCUT2D eigenvalue weighted by atomic mass is 16.3. The van der Waals surface area contributed by atoms with Crippen molar-refractivity contribution < 1.29 is 4.42 Å². The monoisotopic (exact) mass is 473 g/mol. The Morgan fingerprint density at radius 2 is 1.27 bits per heavy atom. The molecule has 2 nitrogen and oxygen atoms in total. The van der Waals surface area contributed by atoms with Gasteiger partial charge in [0.2, 0.25) is 0 Å². The molecule has 0 aliphatic carbocycles. The van der Waals surface area contributed by atoms with Crippen molar-refractivity contribution in [2.45, 2.75) is 6.92 Å². The number of nitrogens with zero attached hydrogens (tertiary/aromatic N) is 1. The van der Waals surface area contributed by atoms with E-state index in [4.69, 9.17) is 4.42 Å². The van der Waals surface area contributed by atoms with E-state index in [-0.39, 0.29) is 0 Å². The zero-order chi connectivity index (χ0) is 24.5.